The van der Waals surface area contributed by atoms with Crippen LogP contribution in [0.4, 0.5) is 4.39 Å². The van der Waals surface area contributed by atoms with Gasteiger partial charge in [0.2, 0.25) is 0 Å². The minimum Gasteiger partial charge on any atom is -0.493 e. The highest BCUT2D eigenvalue weighted by atomic mass is 19.1. The predicted octanol–water partition coefficient (Wildman–Crippen LogP) is 9.68. The Kier molecular flexibility index (Phi) is 16.1. The molecular formula is C31H49FN2O. The number of aryl methyl sites for hydroxylation is 1. The highest BCUT2D eigenvalue weighted by Crippen LogP contribution is 2.20. The van der Waals surface area contributed by atoms with Gasteiger partial charge < -0.3 is 4.74 Å². The molecule has 4 heteroatoms. The van der Waals surface area contributed by atoms with Crippen molar-refractivity contribution >= 4 is 0 Å². The first-order chi connectivity index (χ1) is 17.2. The number of benzene rings is 1. The number of hydrogen-bond acceptors (Lipinski definition) is 3. The molecule has 1 unspecified atom stereocenters. The van der Waals surface area contributed by atoms with Crippen molar-refractivity contribution < 1.29 is 9.13 Å². The number of alkyl halides is 1. The fourth-order valence-corrected chi connectivity index (χ4v) is 4.39. The van der Waals surface area contributed by atoms with Gasteiger partial charge in [0.1, 0.15) is 11.9 Å². The Morgan fingerprint density at radius 1 is 0.686 bits per heavy atom. The highest BCUT2D eigenvalue weighted by molar-refractivity contribution is 5.55. The maximum Gasteiger partial charge on any atom is 0.159 e. The lowest BCUT2D eigenvalue weighted by Gasteiger charge is -2.10. The number of nitrogens with zero attached hydrogens (tertiary/aromatic N) is 2. The molecule has 0 aliphatic heterocycles. The van der Waals surface area contributed by atoms with E-state index < -0.39 is 6.17 Å². The summed E-state index contributed by atoms with van der Waals surface area (Å²) in [6, 6.07) is 7.80. The van der Waals surface area contributed by atoms with Gasteiger partial charge in [-0.2, -0.15) is 0 Å². The molecule has 1 atom stereocenters. The molecule has 196 valence electrons. The lowest BCUT2D eigenvalue weighted by Crippen LogP contribution is -2.07. The molecule has 1 aromatic carbocycles. The predicted molar refractivity (Wildman–Crippen MR) is 147 cm³/mol. The molecule has 0 aliphatic carbocycles. The van der Waals surface area contributed by atoms with Crippen LogP contribution >= 0.6 is 0 Å². The Morgan fingerprint density at radius 3 is 1.83 bits per heavy atom. The summed E-state index contributed by atoms with van der Waals surface area (Å²) in [7, 11) is 0. The smallest absolute Gasteiger partial charge is 0.159 e. The van der Waals surface area contributed by atoms with Crippen molar-refractivity contribution in [1.29, 1.82) is 0 Å². The standard InChI is InChI=1S/C31H49FN2O/c1-3-5-7-9-10-11-12-13-14-15-17-27-25-33-31(34-26-27)28-19-21-30(22-20-28)35-24-23-29(32)18-16-8-6-4-2/h19-22,25-26,29H,3-18,23-24H2,1-2H3. The Hall–Kier alpha value is -1.97. The van der Waals surface area contributed by atoms with Crippen LogP contribution < -0.4 is 4.74 Å². The molecule has 0 spiro atoms. The average molecular weight is 485 g/mol. The maximum atomic E-state index is 13.9. The molecule has 0 N–H and O–H groups in total. The van der Waals surface area contributed by atoms with E-state index in [9.17, 15) is 4.39 Å². The normalized spacial score (nSPS) is 12.1. The van der Waals surface area contributed by atoms with E-state index in [4.69, 9.17) is 4.74 Å². The maximum absolute atomic E-state index is 13.9. The summed E-state index contributed by atoms with van der Waals surface area (Å²) in [5.41, 5.74) is 2.19. The topological polar surface area (TPSA) is 35.0 Å². The fraction of sp³-hybridized carbons (Fsp3) is 0.677. The van der Waals surface area contributed by atoms with Gasteiger partial charge in [0.25, 0.3) is 0 Å². The van der Waals surface area contributed by atoms with Crippen molar-refractivity contribution in [3.63, 3.8) is 0 Å². The number of unbranched alkanes of at least 4 members (excludes halogenated alkanes) is 12. The quantitative estimate of drug-likeness (QED) is 0.165. The second-order valence-corrected chi connectivity index (χ2v) is 9.96. The second-order valence-electron chi connectivity index (χ2n) is 9.96. The van der Waals surface area contributed by atoms with Crippen molar-refractivity contribution in [2.24, 2.45) is 0 Å². The lowest BCUT2D eigenvalue weighted by atomic mass is 10.0. The van der Waals surface area contributed by atoms with E-state index in [2.05, 4.69) is 23.8 Å². The van der Waals surface area contributed by atoms with Gasteiger partial charge in [-0.25, -0.2) is 14.4 Å². The summed E-state index contributed by atoms with van der Waals surface area (Å²) in [4.78, 5) is 9.14. The van der Waals surface area contributed by atoms with Gasteiger partial charge in [0.05, 0.1) is 6.61 Å². The highest BCUT2D eigenvalue weighted by Gasteiger charge is 2.07. The van der Waals surface area contributed by atoms with Gasteiger partial charge in [-0.1, -0.05) is 97.3 Å². The summed E-state index contributed by atoms with van der Waals surface area (Å²) in [6.07, 6.45) is 23.3. The first-order valence-electron chi connectivity index (χ1n) is 14.4. The molecule has 1 aromatic heterocycles. The van der Waals surface area contributed by atoms with Crippen LogP contribution in [0.15, 0.2) is 36.7 Å². The van der Waals surface area contributed by atoms with Crippen LogP contribution in [-0.2, 0) is 6.42 Å². The molecule has 0 radical (unpaired) electrons. The molecule has 1 heterocycles. The second kappa shape index (κ2) is 19.2. The zero-order chi connectivity index (χ0) is 25.0. The summed E-state index contributed by atoms with van der Waals surface area (Å²) in [6.45, 7) is 4.86. The lowest BCUT2D eigenvalue weighted by molar-refractivity contribution is 0.222. The monoisotopic (exact) mass is 484 g/mol. The minimum atomic E-state index is -0.765. The fourth-order valence-electron chi connectivity index (χ4n) is 4.39. The third kappa shape index (κ3) is 13.6. The zero-order valence-corrected chi connectivity index (χ0v) is 22.5. The van der Waals surface area contributed by atoms with Crippen LogP contribution in [-0.4, -0.2) is 22.7 Å². The molecule has 0 fully saturated rings. The van der Waals surface area contributed by atoms with Gasteiger partial charge in [0, 0.05) is 24.4 Å². The first-order valence-corrected chi connectivity index (χ1v) is 14.4. The van der Waals surface area contributed by atoms with Crippen molar-refractivity contribution in [3.8, 4) is 17.1 Å². The zero-order valence-electron chi connectivity index (χ0n) is 22.5. The Bertz CT molecular complexity index is 748. The van der Waals surface area contributed by atoms with Crippen LogP contribution in [0.5, 0.6) is 5.75 Å². The van der Waals surface area contributed by atoms with E-state index >= 15 is 0 Å². The third-order valence-electron chi connectivity index (χ3n) is 6.71. The van der Waals surface area contributed by atoms with Gasteiger partial charge in [-0.05, 0) is 49.1 Å². The van der Waals surface area contributed by atoms with E-state index in [-0.39, 0.29) is 0 Å². The molecule has 0 bridgehead atoms. The number of hydrogen-bond donors (Lipinski definition) is 0. The van der Waals surface area contributed by atoms with E-state index in [0.29, 0.717) is 19.4 Å². The number of aromatic nitrogens is 2. The molecule has 0 saturated carbocycles. The van der Waals surface area contributed by atoms with Crippen molar-refractivity contribution in [2.75, 3.05) is 6.61 Å². The first kappa shape index (κ1) is 29.3. The van der Waals surface area contributed by atoms with Crippen LogP contribution in [0.2, 0.25) is 0 Å². The third-order valence-corrected chi connectivity index (χ3v) is 6.71. The van der Waals surface area contributed by atoms with E-state index in [1.54, 1.807) is 0 Å². The molecular weight excluding hydrogens is 435 g/mol. The summed E-state index contributed by atoms with van der Waals surface area (Å²) in [5.74, 6) is 1.50. The Labute approximate surface area is 214 Å². The van der Waals surface area contributed by atoms with Gasteiger partial charge in [0.15, 0.2) is 5.82 Å². The van der Waals surface area contributed by atoms with Crippen LogP contribution in [0.3, 0.4) is 0 Å². The van der Waals surface area contributed by atoms with Gasteiger partial charge >= 0.3 is 0 Å². The van der Waals surface area contributed by atoms with Gasteiger partial charge in [-0.15, -0.1) is 0 Å². The number of rotatable bonds is 21. The van der Waals surface area contributed by atoms with E-state index in [0.717, 1.165) is 36.4 Å². The van der Waals surface area contributed by atoms with Crippen LogP contribution in [0.1, 0.15) is 122 Å². The SMILES string of the molecule is CCCCCCCCCCCCc1cnc(-c2ccc(OCCC(F)CCCCCC)cc2)nc1. The Morgan fingerprint density at radius 2 is 1.23 bits per heavy atom. The van der Waals surface area contributed by atoms with Crippen molar-refractivity contribution in [1.82, 2.24) is 9.97 Å². The van der Waals surface area contributed by atoms with Crippen molar-refractivity contribution in [2.45, 2.75) is 129 Å². The van der Waals surface area contributed by atoms with E-state index in [1.807, 2.05) is 36.7 Å². The van der Waals surface area contributed by atoms with Crippen molar-refractivity contribution in [3.05, 3.63) is 42.2 Å². The van der Waals surface area contributed by atoms with Crippen LogP contribution in [0, 0.1) is 0 Å². The molecule has 3 nitrogen and oxygen atoms in total. The molecule has 35 heavy (non-hydrogen) atoms. The number of halogens is 1. The minimum absolute atomic E-state index is 0.415. The Balaban J connectivity index is 1.60. The molecule has 0 amide bonds. The van der Waals surface area contributed by atoms with Crippen LogP contribution in [0.25, 0.3) is 11.4 Å². The molecule has 0 aliphatic rings. The largest absolute Gasteiger partial charge is 0.493 e. The summed E-state index contributed by atoms with van der Waals surface area (Å²) in [5, 5.41) is 0. The van der Waals surface area contributed by atoms with Gasteiger partial charge in [-0.3, -0.25) is 0 Å². The average Bonchev–Trinajstić information content (AvgIpc) is 2.88. The van der Waals surface area contributed by atoms with E-state index in [1.165, 1.54) is 82.6 Å². The molecule has 0 saturated heterocycles. The molecule has 2 rings (SSSR count). The summed E-state index contributed by atoms with van der Waals surface area (Å²) >= 11 is 0. The summed E-state index contributed by atoms with van der Waals surface area (Å²) < 4.78 is 19.7. The molecule has 2 aromatic rings. The number of ether oxygens (including phenoxy) is 1.